The van der Waals surface area contributed by atoms with E-state index in [1.807, 2.05) is 105 Å². The van der Waals surface area contributed by atoms with Gasteiger partial charge in [0.15, 0.2) is 5.65 Å². The number of aromatic nitrogens is 4. The summed E-state index contributed by atoms with van der Waals surface area (Å²) in [6.45, 7) is 10.5. The average molecular weight is 636 g/mol. The third-order valence-electron chi connectivity index (χ3n) is 9.28. The smallest absolute Gasteiger partial charge is 0.410 e. The maximum Gasteiger partial charge on any atom is 0.410 e. The standard InChI is InChI=1S/C37H41N5O5/c1-23-17-30(39-42-21-24(2)38-33(23)42)27-18-26-11-15-40(28-12-16-41(37(20-28)13-14-37)35(44)47-36(3,4)5)34(43)32(26)31(19-27)46-22-25-7-9-29(45-6)10-8-25/h7-11,15,17-19,21,28H,12-14,16,20,22H2,1-6H3. The van der Waals surface area contributed by atoms with Crippen molar-refractivity contribution < 1.29 is 19.0 Å². The largest absolute Gasteiger partial charge is 0.497 e. The summed E-state index contributed by atoms with van der Waals surface area (Å²) in [6.07, 6.45) is 6.75. The third kappa shape index (κ3) is 5.92. The van der Waals surface area contributed by atoms with Gasteiger partial charge in [0.2, 0.25) is 0 Å². The minimum absolute atomic E-state index is 0.0431. The number of piperidine rings is 1. The maximum absolute atomic E-state index is 14.4. The lowest BCUT2D eigenvalue weighted by Gasteiger charge is -2.41. The summed E-state index contributed by atoms with van der Waals surface area (Å²) in [5.74, 6) is 1.27. The third-order valence-corrected chi connectivity index (χ3v) is 9.28. The van der Waals surface area contributed by atoms with Gasteiger partial charge >= 0.3 is 6.09 Å². The number of nitrogens with zero attached hydrogens (tertiary/aromatic N) is 5. The lowest BCUT2D eigenvalue weighted by Crippen LogP contribution is -2.50. The molecule has 0 bridgehead atoms. The van der Waals surface area contributed by atoms with Crippen molar-refractivity contribution >= 4 is 22.5 Å². The molecule has 47 heavy (non-hydrogen) atoms. The Morgan fingerprint density at radius 2 is 1.83 bits per heavy atom. The van der Waals surface area contributed by atoms with Crippen LogP contribution in [0, 0.1) is 13.8 Å². The molecule has 1 aliphatic heterocycles. The van der Waals surface area contributed by atoms with E-state index >= 15 is 0 Å². The number of benzene rings is 2. The number of methoxy groups -OCH3 is 1. The van der Waals surface area contributed by atoms with Crippen LogP contribution in [0.1, 0.15) is 69.3 Å². The van der Waals surface area contributed by atoms with E-state index in [9.17, 15) is 9.59 Å². The molecule has 1 unspecified atom stereocenters. The van der Waals surface area contributed by atoms with E-state index < -0.39 is 5.60 Å². The average Bonchev–Trinajstić information content (AvgIpc) is 3.67. The van der Waals surface area contributed by atoms with Crippen LogP contribution in [0.25, 0.3) is 27.7 Å². The quantitative estimate of drug-likeness (QED) is 0.198. The second kappa shape index (κ2) is 11.4. The van der Waals surface area contributed by atoms with Gasteiger partial charge in [0.05, 0.1) is 30.1 Å². The molecule has 2 fully saturated rings. The minimum atomic E-state index is -0.557. The summed E-state index contributed by atoms with van der Waals surface area (Å²) in [5, 5.41) is 6.16. The fourth-order valence-corrected chi connectivity index (χ4v) is 6.80. The molecule has 1 spiro atoms. The van der Waals surface area contributed by atoms with Crippen LogP contribution in [-0.2, 0) is 11.3 Å². The highest BCUT2D eigenvalue weighted by Crippen LogP contribution is 2.51. The van der Waals surface area contributed by atoms with Gasteiger partial charge in [-0.1, -0.05) is 12.1 Å². The Morgan fingerprint density at radius 1 is 1.06 bits per heavy atom. The van der Waals surface area contributed by atoms with Crippen LogP contribution >= 0.6 is 0 Å². The Bertz CT molecular complexity index is 2050. The number of hydrogen-bond acceptors (Lipinski definition) is 7. The van der Waals surface area contributed by atoms with Gasteiger partial charge in [-0.2, -0.15) is 5.10 Å². The lowest BCUT2D eigenvalue weighted by molar-refractivity contribution is 0.000495. The Morgan fingerprint density at radius 3 is 2.53 bits per heavy atom. The molecular weight excluding hydrogens is 594 g/mol. The fourth-order valence-electron chi connectivity index (χ4n) is 6.80. The number of pyridine rings is 1. The van der Waals surface area contributed by atoms with Gasteiger partial charge < -0.3 is 23.7 Å². The van der Waals surface area contributed by atoms with Crippen molar-refractivity contribution in [2.45, 2.75) is 84.1 Å². The number of hydrogen-bond donors (Lipinski definition) is 0. The van der Waals surface area contributed by atoms with Crippen molar-refractivity contribution in [1.82, 2.24) is 24.1 Å². The molecule has 2 aromatic carbocycles. The number of carbonyl (C=O) groups excluding carboxylic acids is 1. The number of likely N-dealkylation sites (tertiary alicyclic amines) is 1. The highest BCUT2D eigenvalue weighted by Gasteiger charge is 2.54. The van der Waals surface area contributed by atoms with E-state index in [1.165, 1.54) is 0 Å². The number of imidazole rings is 1. The minimum Gasteiger partial charge on any atom is -0.497 e. The predicted molar refractivity (Wildman–Crippen MR) is 180 cm³/mol. The van der Waals surface area contributed by atoms with Crippen molar-refractivity contribution in [2.24, 2.45) is 0 Å². The Kier molecular flexibility index (Phi) is 7.49. The molecule has 0 radical (unpaired) electrons. The molecule has 4 heterocycles. The van der Waals surface area contributed by atoms with Crippen LogP contribution < -0.4 is 15.0 Å². The molecule has 1 saturated carbocycles. The number of rotatable bonds is 6. The number of ether oxygens (including phenoxy) is 3. The van der Waals surface area contributed by atoms with Crippen LogP contribution in [0.2, 0.25) is 0 Å². The summed E-state index contributed by atoms with van der Waals surface area (Å²) in [6, 6.07) is 15.6. The molecule has 5 aromatic rings. The van der Waals surface area contributed by atoms with Crippen LogP contribution in [-0.4, -0.2) is 55.0 Å². The fraction of sp³-hybridized carbons (Fsp3) is 0.405. The Balaban J connectivity index is 1.26. The highest BCUT2D eigenvalue weighted by molar-refractivity contribution is 5.92. The predicted octanol–water partition coefficient (Wildman–Crippen LogP) is 7.02. The first-order valence-corrected chi connectivity index (χ1v) is 16.2. The zero-order valence-electron chi connectivity index (χ0n) is 27.9. The zero-order valence-corrected chi connectivity index (χ0v) is 27.9. The maximum atomic E-state index is 14.4. The van der Waals surface area contributed by atoms with E-state index in [0.29, 0.717) is 30.5 Å². The highest BCUT2D eigenvalue weighted by atomic mass is 16.6. The van der Waals surface area contributed by atoms with Crippen molar-refractivity contribution in [2.75, 3.05) is 13.7 Å². The Hall–Kier alpha value is -4.86. The summed E-state index contributed by atoms with van der Waals surface area (Å²) >= 11 is 0. The monoisotopic (exact) mass is 635 g/mol. The van der Waals surface area contributed by atoms with Crippen molar-refractivity contribution in [3.63, 3.8) is 0 Å². The van der Waals surface area contributed by atoms with Crippen LogP contribution in [0.4, 0.5) is 4.79 Å². The van der Waals surface area contributed by atoms with Gasteiger partial charge in [-0.25, -0.2) is 14.3 Å². The number of aryl methyl sites for hydroxylation is 2. The molecule has 10 heteroatoms. The summed E-state index contributed by atoms with van der Waals surface area (Å²) in [7, 11) is 1.64. The number of fused-ring (bicyclic) bond motifs is 2. The molecule has 0 N–H and O–H groups in total. The van der Waals surface area contributed by atoms with Crippen molar-refractivity contribution in [1.29, 1.82) is 0 Å². The van der Waals surface area contributed by atoms with Crippen LogP contribution in [0.5, 0.6) is 11.5 Å². The van der Waals surface area contributed by atoms with E-state index in [1.54, 1.807) is 11.6 Å². The first-order chi connectivity index (χ1) is 22.4. The first-order valence-electron chi connectivity index (χ1n) is 16.2. The van der Waals surface area contributed by atoms with Gasteiger partial charge in [-0.3, -0.25) is 4.79 Å². The van der Waals surface area contributed by atoms with Crippen LogP contribution in [0.15, 0.2) is 65.7 Å². The topological polar surface area (TPSA) is 100 Å². The molecular formula is C37H41N5O5. The van der Waals surface area contributed by atoms with E-state index in [4.69, 9.17) is 19.3 Å². The Labute approximate surface area is 273 Å². The van der Waals surface area contributed by atoms with Crippen molar-refractivity contribution in [3.05, 3.63) is 88.1 Å². The van der Waals surface area contributed by atoms with E-state index in [-0.39, 0.29) is 29.8 Å². The molecule has 3 aromatic heterocycles. The molecule has 1 saturated heterocycles. The molecule has 1 aliphatic carbocycles. The van der Waals surface area contributed by atoms with E-state index in [0.717, 1.165) is 57.7 Å². The lowest BCUT2D eigenvalue weighted by atomic mass is 9.94. The van der Waals surface area contributed by atoms with Gasteiger partial charge in [-0.15, -0.1) is 0 Å². The van der Waals surface area contributed by atoms with Gasteiger partial charge in [0, 0.05) is 29.9 Å². The molecule has 244 valence electrons. The van der Waals surface area contributed by atoms with Gasteiger partial charge in [0.25, 0.3) is 5.56 Å². The molecule has 2 aliphatic rings. The number of carbonyl (C=O) groups is 1. The van der Waals surface area contributed by atoms with Crippen LogP contribution in [0.3, 0.4) is 0 Å². The molecule has 1 atom stereocenters. The van der Waals surface area contributed by atoms with Gasteiger partial charge in [-0.05, 0) is 113 Å². The summed E-state index contributed by atoms with van der Waals surface area (Å²) in [4.78, 5) is 33.9. The second-order valence-electron chi connectivity index (χ2n) is 14.0. The van der Waals surface area contributed by atoms with E-state index in [2.05, 4.69) is 4.98 Å². The SMILES string of the molecule is COc1ccc(COc2cc(-c3cc(C)c4nc(C)cn4n3)cc3ccn(C4CCN(C(=O)OC(C)(C)C)C5(CC5)C4)c(=O)c23)cc1. The summed E-state index contributed by atoms with van der Waals surface area (Å²) < 4.78 is 21.2. The molecule has 1 amide bonds. The molecule has 10 nitrogen and oxygen atoms in total. The second-order valence-corrected chi connectivity index (χ2v) is 14.0. The van der Waals surface area contributed by atoms with Crippen molar-refractivity contribution in [3.8, 4) is 22.8 Å². The van der Waals surface area contributed by atoms with Gasteiger partial charge in [0.1, 0.15) is 23.7 Å². The zero-order chi connectivity index (χ0) is 33.1. The summed E-state index contributed by atoms with van der Waals surface area (Å²) in [5.41, 5.74) is 4.36. The normalized spacial score (nSPS) is 17.3. The first kappa shape index (κ1) is 30.8. The number of amides is 1. The molecule has 7 rings (SSSR count).